The predicted molar refractivity (Wildman–Crippen MR) is 43.1 cm³/mol. The molecule has 3 aliphatic rings. The maximum atomic E-state index is 9.67. The number of aliphatic hydroxyl groups is 1. The van der Waals surface area contributed by atoms with Gasteiger partial charge in [-0.15, -0.1) is 0 Å². The third-order valence-electron chi connectivity index (χ3n) is 4.39. The van der Waals surface area contributed by atoms with Gasteiger partial charge in [0.25, 0.3) is 0 Å². The summed E-state index contributed by atoms with van der Waals surface area (Å²) >= 11 is 0. The number of rotatable bonds is 0. The van der Waals surface area contributed by atoms with Crippen molar-refractivity contribution in [2.45, 2.75) is 38.2 Å². The van der Waals surface area contributed by atoms with Gasteiger partial charge in [0.2, 0.25) is 0 Å². The van der Waals surface area contributed by atoms with Gasteiger partial charge in [0.15, 0.2) is 0 Å². The Morgan fingerprint density at radius 1 is 0.909 bits per heavy atom. The van der Waals surface area contributed by atoms with Crippen molar-refractivity contribution in [3.63, 3.8) is 0 Å². The first-order valence-corrected chi connectivity index (χ1v) is 5.04. The minimum Gasteiger partial charge on any atom is -0.393 e. The Bertz CT molecular complexity index is 178. The summed E-state index contributed by atoms with van der Waals surface area (Å²) in [6.07, 6.45) is 6.90. The van der Waals surface area contributed by atoms with E-state index >= 15 is 0 Å². The molecule has 3 rings (SSSR count). The van der Waals surface area contributed by atoms with Crippen molar-refractivity contribution in [2.75, 3.05) is 0 Å². The van der Waals surface area contributed by atoms with Gasteiger partial charge in [0, 0.05) is 0 Å². The van der Waals surface area contributed by atoms with Crippen LogP contribution in [-0.2, 0) is 0 Å². The predicted octanol–water partition coefficient (Wildman–Crippen LogP) is 1.80. The van der Waals surface area contributed by atoms with Gasteiger partial charge in [-0.2, -0.15) is 0 Å². The first kappa shape index (κ1) is 6.47. The van der Waals surface area contributed by atoms with Gasteiger partial charge in [0.1, 0.15) is 0 Å². The lowest BCUT2D eigenvalue weighted by Crippen LogP contribution is -2.27. The Kier molecular flexibility index (Phi) is 1.18. The van der Waals surface area contributed by atoms with E-state index in [1.807, 2.05) is 0 Å². The number of fused-ring (bicyclic) bond motifs is 5. The third kappa shape index (κ3) is 0.703. The largest absolute Gasteiger partial charge is 0.393 e. The van der Waals surface area contributed by atoms with Gasteiger partial charge in [-0.3, -0.25) is 0 Å². The molecule has 0 radical (unpaired) electrons. The number of hydrogen-bond donors (Lipinski definition) is 1. The standard InChI is InChI=1S/C10H16O/c11-10-5-6-4-9(10)8-3-1-2-7(6)8/h6-11H,1-5H2/t6-,7?,8?,9-,10?/m1/s1. The summed E-state index contributed by atoms with van der Waals surface area (Å²) in [5.41, 5.74) is 0. The molecule has 0 saturated heterocycles. The summed E-state index contributed by atoms with van der Waals surface area (Å²) in [6.45, 7) is 0. The average molecular weight is 152 g/mol. The van der Waals surface area contributed by atoms with Crippen molar-refractivity contribution < 1.29 is 5.11 Å². The summed E-state index contributed by atoms with van der Waals surface area (Å²) in [6, 6.07) is 0. The fraction of sp³-hybridized carbons (Fsp3) is 1.00. The van der Waals surface area contributed by atoms with Gasteiger partial charge in [0.05, 0.1) is 6.10 Å². The van der Waals surface area contributed by atoms with E-state index in [-0.39, 0.29) is 6.10 Å². The number of aliphatic hydroxyl groups excluding tert-OH is 1. The second-order valence-corrected chi connectivity index (χ2v) is 4.72. The second kappa shape index (κ2) is 2.01. The van der Waals surface area contributed by atoms with Crippen molar-refractivity contribution in [3.05, 3.63) is 0 Å². The van der Waals surface area contributed by atoms with E-state index in [0.717, 1.165) is 24.2 Å². The zero-order valence-corrected chi connectivity index (χ0v) is 6.87. The van der Waals surface area contributed by atoms with Crippen LogP contribution in [0.15, 0.2) is 0 Å². The second-order valence-electron chi connectivity index (χ2n) is 4.72. The SMILES string of the molecule is OC1C[C@H]2C[C@@H]1C1CCCC12. The minimum atomic E-state index is 0.0827. The lowest BCUT2D eigenvalue weighted by atomic mass is 9.80. The highest BCUT2D eigenvalue weighted by atomic mass is 16.3. The highest BCUT2D eigenvalue weighted by Crippen LogP contribution is 2.58. The summed E-state index contributed by atoms with van der Waals surface area (Å²) in [5, 5.41) is 9.67. The smallest absolute Gasteiger partial charge is 0.0574 e. The molecule has 0 aromatic carbocycles. The van der Waals surface area contributed by atoms with Gasteiger partial charge >= 0.3 is 0 Å². The Labute approximate surface area is 67.8 Å². The van der Waals surface area contributed by atoms with Gasteiger partial charge in [-0.1, -0.05) is 6.42 Å². The van der Waals surface area contributed by atoms with E-state index < -0.39 is 0 Å². The van der Waals surface area contributed by atoms with Crippen LogP contribution in [0.1, 0.15) is 32.1 Å². The molecule has 3 aliphatic carbocycles. The van der Waals surface area contributed by atoms with Gasteiger partial charge < -0.3 is 5.11 Å². The molecule has 5 atom stereocenters. The number of hydrogen-bond acceptors (Lipinski definition) is 1. The van der Waals surface area contributed by atoms with E-state index in [2.05, 4.69) is 0 Å². The molecule has 0 heterocycles. The van der Waals surface area contributed by atoms with E-state index in [1.54, 1.807) is 0 Å². The molecule has 3 fully saturated rings. The zero-order chi connectivity index (χ0) is 7.42. The normalized spacial score (nSPS) is 60.3. The summed E-state index contributed by atoms with van der Waals surface area (Å²) in [7, 11) is 0. The molecule has 3 unspecified atom stereocenters. The summed E-state index contributed by atoms with van der Waals surface area (Å²) < 4.78 is 0. The molecule has 1 nitrogen and oxygen atoms in total. The maximum absolute atomic E-state index is 9.67. The fourth-order valence-corrected chi connectivity index (χ4v) is 4.03. The van der Waals surface area contributed by atoms with Crippen molar-refractivity contribution in [1.29, 1.82) is 0 Å². The van der Waals surface area contributed by atoms with Crippen molar-refractivity contribution in [1.82, 2.24) is 0 Å². The van der Waals surface area contributed by atoms with Crippen LogP contribution in [-0.4, -0.2) is 11.2 Å². The molecule has 3 saturated carbocycles. The van der Waals surface area contributed by atoms with Crippen LogP contribution in [0.25, 0.3) is 0 Å². The van der Waals surface area contributed by atoms with Crippen LogP contribution < -0.4 is 0 Å². The fourth-order valence-electron chi connectivity index (χ4n) is 4.03. The van der Waals surface area contributed by atoms with Gasteiger partial charge in [-0.05, 0) is 49.4 Å². The minimum absolute atomic E-state index is 0.0827. The Morgan fingerprint density at radius 3 is 2.64 bits per heavy atom. The van der Waals surface area contributed by atoms with E-state index in [4.69, 9.17) is 0 Å². The van der Waals surface area contributed by atoms with Crippen molar-refractivity contribution >= 4 is 0 Å². The first-order valence-electron chi connectivity index (χ1n) is 5.04. The quantitative estimate of drug-likeness (QED) is 0.561. The Hall–Kier alpha value is -0.0400. The molecule has 0 amide bonds. The Balaban J connectivity index is 1.90. The maximum Gasteiger partial charge on any atom is 0.0574 e. The first-order chi connectivity index (χ1) is 5.36. The van der Waals surface area contributed by atoms with Crippen molar-refractivity contribution in [3.8, 4) is 0 Å². The lowest BCUT2D eigenvalue weighted by Gasteiger charge is -2.28. The summed E-state index contributed by atoms with van der Waals surface area (Å²) in [4.78, 5) is 0. The average Bonchev–Trinajstić information content (AvgIpc) is 2.52. The highest BCUT2D eigenvalue weighted by molar-refractivity contribution is 5.02. The monoisotopic (exact) mass is 152 g/mol. The highest BCUT2D eigenvalue weighted by Gasteiger charge is 2.53. The molecule has 0 aromatic heterocycles. The lowest BCUT2D eigenvalue weighted by molar-refractivity contribution is 0.0642. The third-order valence-corrected chi connectivity index (χ3v) is 4.39. The molecule has 2 bridgehead atoms. The van der Waals surface area contributed by atoms with Crippen LogP contribution in [0.4, 0.5) is 0 Å². The summed E-state index contributed by atoms with van der Waals surface area (Å²) in [5.74, 6) is 3.60. The van der Waals surface area contributed by atoms with E-state index in [9.17, 15) is 5.11 Å². The molecule has 0 spiro atoms. The zero-order valence-electron chi connectivity index (χ0n) is 6.87. The topological polar surface area (TPSA) is 20.2 Å². The molecular formula is C10H16O. The molecular weight excluding hydrogens is 136 g/mol. The van der Waals surface area contributed by atoms with Crippen LogP contribution in [0.5, 0.6) is 0 Å². The van der Waals surface area contributed by atoms with Crippen LogP contribution in [0.3, 0.4) is 0 Å². The molecule has 0 aliphatic heterocycles. The molecule has 1 heteroatoms. The molecule has 0 aromatic rings. The van der Waals surface area contributed by atoms with Crippen molar-refractivity contribution in [2.24, 2.45) is 23.7 Å². The van der Waals surface area contributed by atoms with E-state index in [0.29, 0.717) is 5.92 Å². The molecule has 1 N–H and O–H groups in total. The Morgan fingerprint density at radius 2 is 1.73 bits per heavy atom. The van der Waals surface area contributed by atoms with Crippen LogP contribution in [0.2, 0.25) is 0 Å². The van der Waals surface area contributed by atoms with Crippen LogP contribution >= 0.6 is 0 Å². The van der Waals surface area contributed by atoms with Crippen LogP contribution in [0, 0.1) is 23.7 Å². The van der Waals surface area contributed by atoms with E-state index in [1.165, 1.54) is 25.7 Å². The molecule has 62 valence electrons. The molecule has 11 heavy (non-hydrogen) atoms. The van der Waals surface area contributed by atoms with Gasteiger partial charge in [-0.25, -0.2) is 0 Å².